The van der Waals surface area contributed by atoms with Crippen LogP contribution in [0.1, 0.15) is 37.1 Å². The van der Waals surface area contributed by atoms with Gasteiger partial charge in [-0.05, 0) is 51.0 Å². The van der Waals surface area contributed by atoms with Crippen LogP contribution in [-0.2, 0) is 0 Å². The molecule has 2 aromatic carbocycles. The predicted molar refractivity (Wildman–Crippen MR) is 115 cm³/mol. The molecule has 1 aromatic heterocycles. The van der Waals surface area contributed by atoms with E-state index in [9.17, 15) is 4.79 Å². The number of rotatable bonds is 5. The van der Waals surface area contributed by atoms with Gasteiger partial charge in [-0.3, -0.25) is 0 Å². The molecule has 30 heavy (non-hydrogen) atoms. The lowest BCUT2D eigenvalue weighted by molar-refractivity contribution is 0.187. The predicted octanol–water partition coefficient (Wildman–Crippen LogP) is 4.86. The highest BCUT2D eigenvalue weighted by atomic mass is 16.5. The van der Waals surface area contributed by atoms with Crippen molar-refractivity contribution in [2.45, 2.75) is 32.6 Å². The highest BCUT2D eigenvalue weighted by Gasteiger charge is 2.27. The van der Waals surface area contributed by atoms with Crippen molar-refractivity contribution in [3.05, 3.63) is 60.0 Å². The van der Waals surface area contributed by atoms with Crippen LogP contribution in [0.4, 0.5) is 10.5 Å². The molecule has 3 aromatic rings. The molecule has 1 N–H and O–H groups in total. The smallest absolute Gasteiger partial charge is 0.321 e. The van der Waals surface area contributed by atoms with E-state index in [-0.39, 0.29) is 11.9 Å². The van der Waals surface area contributed by atoms with Crippen LogP contribution in [0.2, 0.25) is 0 Å². The Bertz CT molecular complexity index is 974. The van der Waals surface area contributed by atoms with Crippen LogP contribution in [-0.4, -0.2) is 40.8 Å². The minimum Gasteiger partial charge on any atom is -0.494 e. The topological polar surface area (TPSA) is 80.5 Å². The van der Waals surface area contributed by atoms with Gasteiger partial charge in [-0.2, -0.15) is 4.98 Å². The summed E-state index contributed by atoms with van der Waals surface area (Å²) in [7, 11) is 0. The molecule has 156 valence electrons. The second-order valence-corrected chi connectivity index (χ2v) is 7.47. The maximum absolute atomic E-state index is 12.6. The van der Waals surface area contributed by atoms with Crippen molar-refractivity contribution < 1.29 is 14.1 Å². The number of urea groups is 1. The number of nitrogens with one attached hydrogen (secondary N) is 1. The van der Waals surface area contributed by atoms with Crippen molar-refractivity contribution in [1.29, 1.82) is 0 Å². The first kappa shape index (κ1) is 19.9. The number of aromatic nitrogens is 2. The number of benzene rings is 2. The summed E-state index contributed by atoms with van der Waals surface area (Å²) >= 11 is 0. The van der Waals surface area contributed by atoms with Crippen LogP contribution in [0.25, 0.3) is 11.4 Å². The standard InChI is InChI=1S/C23H26N4O3/c1-3-29-20-10-8-19(9-11-20)24-23(28)27-14-12-18(13-15-27)22-25-21(26-30-22)17-6-4-16(2)5-7-17/h4-11,18H,3,12-15H2,1-2H3,(H,24,28). The third kappa shape index (κ3) is 4.62. The molecule has 0 atom stereocenters. The van der Waals surface area contributed by atoms with Crippen LogP contribution < -0.4 is 10.1 Å². The van der Waals surface area contributed by atoms with Crippen molar-refractivity contribution in [2.75, 3.05) is 25.0 Å². The highest BCUT2D eigenvalue weighted by molar-refractivity contribution is 5.89. The molecule has 0 radical (unpaired) electrons. The number of carbonyl (C=O) groups excluding carboxylic acids is 1. The number of carbonyl (C=O) groups is 1. The Morgan fingerprint density at radius 2 is 1.83 bits per heavy atom. The van der Waals surface area contributed by atoms with Gasteiger partial charge in [0, 0.05) is 30.3 Å². The van der Waals surface area contributed by atoms with E-state index >= 15 is 0 Å². The molecular weight excluding hydrogens is 380 g/mol. The second-order valence-electron chi connectivity index (χ2n) is 7.47. The van der Waals surface area contributed by atoms with Crippen molar-refractivity contribution >= 4 is 11.7 Å². The van der Waals surface area contributed by atoms with Crippen LogP contribution >= 0.6 is 0 Å². The molecule has 2 amide bonds. The fourth-order valence-electron chi connectivity index (χ4n) is 3.55. The van der Waals surface area contributed by atoms with Gasteiger partial charge >= 0.3 is 6.03 Å². The summed E-state index contributed by atoms with van der Waals surface area (Å²) in [6.45, 7) is 5.90. The first-order valence-corrected chi connectivity index (χ1v) is 10.3. The van der Waals surface area contributed by atoms with E-state index in [2.05, 4.69) is 15.5 Å². The number of anilines is 1. The van der Waals surface area contributed by atoms with Gasteiger partial charge in [0.25, 0.3) is 0 Å². The van der Waals surface area contributed by atoms with Gasteiger partial charge in [-0.1, -0.05) is 35.0 Å². The Morgan fingerprint density at radius 1 is 1.13 bits per heavy atom. The zero-order valence-electron chi connectivity index (χ0n) is 17.3. The minimum absolute atomic E-state index is 0.0940. The number of piperidine rings is 1. The fourth-order valence-corrected chi connectivity index (χ4v) is 3.55. The monoisotopic (exact) mass is 406 g/mol. The summed E-state index contributed by atoms with van der Waals surface area (Å²) in [5.74, 6) is 2.23. The molecule has 0 unspecified atom stereocenters. The molecule has 7 heteroatoms. The molecule has 2 heterocycles. The molecule has 1 fully saturated rings. The summed E-state index contributed by atoms with van der Waals surface area (Å²) in [6, 6.07) is 15.4. The van der Waals surface area contributed by atoms with E-state index in [1.807, 2.05) is 67.3 Å². The van der Waals surface area contributed by atoms with Gasteiger partial charge in [0.15, 0.2) is 0 Å². The largest absolute Gasteiger partial charge is 0.494 e. The molecule has 7 nitrogen and oxygen atoms in total. The van der Waals surface area contributed by atoms with Gasteiger partial charge in [0.1, 0.15) is 5.75 Å². The summed E-state index contributed by atoms with van der Waals surface area (Å²) in [6.07, 6.45) is 1.60. The lowest BCUT2D eigenvalue weighted by atomic mass is 9.97. The zero-order valence-corrected chi connectivity index (χ0v) is 17.3. The van der Waals surface area contributed by atoms with Crippen molar-refractivity contribution in [3.63, 3.8) is 0 Å². The maximum atomic E-state index is 12.6. The minimum atomic E-state index is -0.0940. The normalized spacial score (nSPS) is 14.5. The number of amides is 2. The third-order valence-electron chi connectivity index (χ3n) is 5.30. The molecular formula is C23H26N4O3. The van der Waals surface area contributed by atoms with Crippen LogP contribution in [0.3, 0.4) is 0 Å². The van der Waals surface area contributed by atoms with E-state index < -0.39 is 0 Å². The molecule has 0 aliphatic carbocycles. The number of likely N-dealkylation sites (tertiary alicyclic amines) is 1. The molecule has 1 aliphatic heterocycles. The number of ether oxygens (including phenoxy) is 1. The van der Waals surface area contributed by atoms with Gasteiger partial charge in [-0.15, -0.1) is 0 Å². The van der Waals surface area contributed by atoms with E-state index in [1.54, 1.807) is 0 Å². The molecule has 4 rings (SSSR count). The summed E-state index contributed by atoms with van der Waals surface area (Å²) in [5, 5.41) is 7.08. The van der Waals surface area contributed by atoms with Crippen LogP contribution in [0, 0.1) is 6.92 Å². The van der Waals surface area contributed by atoms with E-state index in [4.69, 9.17) is 9.26 Å². The zero-order chi connectivity index (χ0) is 20.9. The Balaban J connectivity index is 1.31. The van der Waals surface area contributed by atoms with Crippen molar-refractivity contribution in [2.24, 2.45) is 0 Å². The summed E-state index contributed by atoms with van der Waals surface area (Å²) in [5.41, 5.74) is 2.89. The van der Waals surface area contributed by atoms with Gasteiger partial charge in [0.2, 0.25) is 11.7 Å². The number of aryl methyl sites for hydroxylation is 1. The number of hydrogen-bond acceptors (Lipinski definition) is 5. The molecule has 1 aliphatic rings. The Kier molecular flexibility index (Phi) is 5.97. The molecule has 0 spiro atoms. The summed E-state index contributed by atoms with van der Waals surface area (Å²) in [4.78, 5) is 19.0. The summed E-state index contributed by atoms with van der Waals surface area (Å²) < 4.78 is 10.9. The van der Waals surface area contributed by atoms with Crippen molar-refractivity contribution in [3.8, 4) is 17.1 Å². The average molecular weight is 406 g/mol. The van der Waals surface area contributed by atoms with Crippen LogP contribution in [0.15, 0.2) is 53.1 Å². The molecule has 0 bridgehead atoms. The SMILES string of the molecule is CCOc1ccc(NC(=O)N2CCC(c3nc(-c4ccc(C)cc4)no3)CC2)cc1. The highest BCUT2D eigenvalue weighted by Crippen LogP contribution is 2.29. The number of hydrogen-bond donors (Lipinski definition) is 1. The Hall–Kier alpha value is -3.35. The van der Waals surface area contributed by atoms with E-state index in [1.165, 1.54) is 5.56 Å². The second kappa shape index (κ2) is 8.98. The first-order chi connectivity index (χ1) is 14.6. The fraction of sp³-hybridized carbons (Fsp3) is 0.348. The third-order valence-corrected chi connectivity index (χ3v) is 5.30. The molecule has 0 saturated carbocycles. The van der Waals surface area contributed by atoms with E-state index in [0.717, 1.165) is 29.8 Å². The first-order valence-electron chi connectivity index (χ1n) is 10.3. The number of nitrogens with zero attached hydrogens (tertiary/aromatic N) is 3. The van der Waals surface area contributed by atoms with Gasteiger partial charge < -0.3 is 19.5 Å². The van der Waals surface area contributed by atoms with Gasteiger partial charge in [0.05, 0.1) is 6.61 Å². The lowest BCUT2D eigenvalue weighted by Crippen LogP contribution is -2.40. The average Bonchev–Trinajstić information content (AvgIpc) is 3.26. The lowest BCUT2D eigenvalue weighted by Gasteiger charge is -2.30. The Labute approximate surface area is 176 Å². The quantitative estimate of drug-likeness (QED) is 0.655. The maximum Gasteiger partial charge on any atom is 0.321 e. The molecule has 1 saturated heterocycles. The van der Waals surface area contributed by atoms with E-state index in [0.29, 0.717) is 31.4 Å². The van der Waals surface area contributed by atoms with Crippen LogP contribution in [0.5, 0.6) is 5.75 Å². The van der Waals surface area contributed by atoms with Gasteiger partial charge in [-0.25, -0.2) is 4.79 Å². The van der Waals surface area contributed by atoms with Crippen molar-refractivity contribution in [1.82, 2.24) is 15.0 Å². The Morgan fingerprint density at radius 3 is 2.50 bits per heavy atom.